The standard InChI is InChI=1S/C17H17NO5/c19-15-7-8-16(20)18(15)13-5-3-12(4-6-13)17(21)23-10-1-2-14-9-11-22-14/h3-8,14H,1-2,9-11H2. The summed E-state index contributed by atoms with van der Waals surface area (Å²) in [6.07, 6.45) is 5.51. The number of esters is 1. The van der Waals surface area contributed by atoms with Crippen LogP contribution in [0.5, 0.6) is 0 Å². The Balaban J connectivity index is 1.51. The van der Waals surface area contributed by atoms with Crippen molar-refractivity contribution in [1.82, 2.24) is 0 Å². The second-order valence-electron chi connectivity index (χ2n) is 5.45. The molecule has 3 rings (SSSR count). The van der Waals surface area contributed by atoms with Crippen LogP contribution < -0.4 is 4.90 Å². The molecule has 0 aromatic heterocycles. The average Bonchev–Trinajstić information content (AvgIpc) is 2.84. The molecule has 0 radical (unpaired) electrons. The largest absolute Gasteiger partial charge is 0.462 e. The molecule has 1 unspecified atom stereocenters. The molecule has 1 aromatic carbocycles. The van der Waals surface area contributed by atoms with Crippen LogP contribution in [-0.4, -0.2) is 37.1 Å². The Labute approximate surface area is 133 Å². The molecule has 6 nitrogen and oxygen atoms in total. The molecule has 0 saturated carbocycles. The van der Waals surface area contributed by atoms with Crippen molar-refractivity contribution in [3.63, 3.8) is 0 Å². The molecule has 0 aliphatic carbocycles. The van der Waals surface area contributed by atoms with E-state index in [0.717, 1.165) is 30.8 Å². The third kappa shape index (κ3) is 3.48. The molecule has 2 heterocycles. The second kappa shape index (κ2) is 6.75. The van der Waals surface area contributed by atoms with Gasteiger partial charge in [0.15, 0.2) is 0 Å². The highest BCUT2D eigenvalue weighted by Gasteiger charge is 2.25. The zero-order chi connectivity index (χ0) is 16.2. The van der Waals surface area contributed by atoms with E-state index in [-0.39, 0.29) is 11.8 Å². The summed E-state index contributed by atoms with van der Waals surface area (Å²) in [4.78, 5) is 36.1. The monoisotopic (exact) mass is 315 g/mol. The Morgan fingerprint density at radius 1 is 1.17 bits per heavy atom. The number of hydrogen-bond acceptors (Lipinski definition) is 5. The van der Waals surface area contributed by atoms with Crippen LogP contribution in [0, 0.1) is 0 Å². The van der Waals surface area contributed by atoms with E-state index < -0.39 is 5.97 Å². The summed E-state index contributed by atoms with van der Waals surface area (Å²) in [6.45, 7) is 1.18. The number of imide groups is 1. The van der Waals surface area contributed by atoms with Gasteiger partial charge < -0.3 is 9.47 Å². The maximum atomic E-state index is 11.9. The maximum absolute atomic E-state index is 11.9. The first-order chi connectivity index (χ1) is 11.1. The normalized spacial score (nSPS) is 19.8. The van der Waals surface area contributed by atoms with Gasteiger partial charge in [-0.2, -0.15) is 0 Å². The summed E-state index contributed by atoms with van der Waals surface area (Å²) in [6, 6.07) is 6.21. The third-order valence-electron chi connectivity index (χ3n) is 3.87. The minimum absolute atomic E-state index is 0.317. The van der Waals surface area contributed by atoms with Crippen molar-refractivity contribution in [2.24, 2.45) is 0 Å². The van der Waals surface area contributed by atoms with Crippen LogP contribution in [0.1, 0.15) is 29.6 Å². The molecule has 2 aliphatic heterocycles. The molecule has 0 spiro atoms. The number of carbonyl (C=O) groups excluding carboxylic acids is 3. The second-order valence-corrected chi connectivity index (χ2v) is 5.45. The Kier molecular flexibility index (Phi) is 4.52. The molecule has 120 valence electrons. The Hall–Kier alpha value is -2.47. The molecule has 6 heteroatoms. The number of nitrogens with zero attached hydrogens (tertiary/aromatic N) is 1. The Bertz CT molecular complexity index is 627. The molecule has 0 N–H and O–H groups in total. The summed E-state index contributed by atoms with van der Waals surface area (Å²) in [5, 5.41) is 0. The number of benzene rings is 1. The first-order valence-corrected chi connectivity index (χ1v) is 7.60. The number of rotatable bonds is 6. The maximum Gasteiger partial charge on any atom is 0.338 e. The lowest BCUT2D eigenvalue weighted by Crippen LogP contribution is -2.29. The lowest BCUT2D eigenvalue weighted by atomic mass is 10.1. The van der Waals surface area contributed by atoms with Gasteiger partial charge in [0.05, 0.1) is 24.0 Å². The van der Waals surface area contributed by atoms with E-state index in [2.05, 4.69) is 0 Å². The highest BCUT2D eigenvalue weighted by Crippen LogP contribution is 2.20. The van der Waals surface area contributed by atoms with Crippen molar-refractivity contribution in [3.8, 4) is 0 Å². The van der Waals surface area contributed by atoms with Crippen molar-refractivity contribution in [3.05, 3.63) is 42.0 Å². The Morgan fingerprint density at radius 2 is 1.83 bits per heavy atom. The SMILES string of the molecule is O=C(OCCCC1CCO1)c1ccc(N2C(=O)C=CC2=O)cc1. The summed E-state index contributed by atoms with van der Waals surface area (Å²) in [5.74, 6) is -1.18. The van der Waals surface area contributed by atoms with Gasteiger partial charge in [-0.25, -0.2) is 9.69 Å². The minimum atomic E-state index is -0.414. The van der Waals surface area contributed by atoms with E-state index in [1.54, 1.807) is 24.3 Å². The molecule has 2 aliphatic rings. The summed E-state index contributed by atoms with van der Waals surface area (Å²) < 4.78 is 10.5. The predicted molar refractivity (Wildman–Crippen MR) is 81.9 cm³/mol. The number of ether oxygens (including phenoxy) is 2. The van der Waals surface area contributed by atoms with Gasteiger partial charge in [-0.05, 0) is 43.5 Å². The highest BCUT2D eigenvalue weighted by atomic mass is 16.5. The summed E-state index contributed by atoms with van der Waals surface area (Å²) >= 11 is 0. The van der Waals surface area contributed by atoms with E-state index >= 15 is 0 Å². The van der Waals surface area contributed by atoms with Gasteiger partial charge in [-0.15, -0.1) is 0 Å². The molecule has 0 bridgehead atoms. The number of anilines is 1. The van der Waals surface area contributed by atoms with Gasteiger partial charge in [-0.1, -0.05) is 0 Å². The van der Waals surface area contributed by atoms with Gasteiger partial charge in [0, 0.05) is 18.8 Å². The number of amides is 2. The number of hydrogen-bond donors (Lipinski definition) is 0. The summed E-state index contributed by atoms with van der Waals surface area (Å²) in [7, 11) is 0. The average molecular weight is 315 g/mol. The lowest BCUT2D eigenvalue weighted by Gasteiger charge is -2.26. The van der Waals surface area contributed by atoms with Crippen LogP contribution in [0.2, 0.25) is 0 Å². The molecule has 1 aromatic rings. The van der Waals surface area contributed by atoms with Crippen LogP contribution in [-0.2, 0) is 19.1 Å². The van der Waals surface area contributed by atoms with Crippen LogP contribution in [0.3, 0.4) is 0 Å². The van der Waals surface area contributed by atoms with Crippen molar-refractivity contribution in [2.45, 2.75) is 25.4 Å². The van der Waals surface area contributed by atoms with E-state index in [1.165, 1.54) is 12.2 Å². The molecule has 1 fully saturated rings. The van der Waals surface area contributed by atoms with E-state index in [0.29, 0.717) is 24.0 Å². The van der Waals surface area contributed by atoms with E-state index in [4.69, 9.17) is 9.47 Å². The Morgan fingerprint density at radius 3 is 2.39 bits per heavy atom. The van der Waals surface area contributed by atoms with Crippen LogP contribution >= 0.6 is 0 Å². The van der Waals surface area contributed by atoms with Gasteiger partial charge in [0.25, 0.3) is 11.8 Å². The quantitative estimate of drug-likeness (QED) is 0.455. The number of carbonyl (C=O) groups is 3. The molecular weight excluding hydrogens is 298 g/mol. The molecular formula is C17H17NO5. The zero-order valence-electron chi connectivity index (χ0n) is 12.6. The van der Waals surface area contributed by atoms with Gasteiger partial charge >= 0.3 is 5.97 Å². The molecule has 1 atom stereocenters. The van der Waals surface area contributed by atoms with Crippen LogP contribution in [0.4, 0.5) is 5.69 Å². The topological polar surface area (TPSA) is 72.9 Å². The predicted octanol–water partition coefficient (Wildman–Crippen LogP) is 1.84. The fourth-order valence-corrected chi connectivity index (χ4v) is 2.47. The summed E-state index contributed by atoms with van der Waals surface area (Å²) in [5.41, 5.74) is 0.824. The van der Waals surface area contributed by atoms with E-state index in [9.17, 15) is 14.4 Å². The van der Waals surface area contributed by atoms with Crippen molar-refractivity contribution >= 4 is 23.5 Å². The fourth-order valence-electron chi connectivity index (χ4n) is 2.47. The van der Waals surface area contributed by atoms with Gasteiger partial charge in [0.2, 0.25) is 0 Å². The van der Waals surface area contributed by atoms with Crippen molar-refractivity contribution in [2.75, 3.05) is 18.1 Å². The third-order valence-corrected chi connectivity index (χ3v) is 3.87. The van der Waals surface area contributed by atoms with Crippen LogP contribution in [0.15, 0.2) is 36.4 Å². The first-order valence-electron chi connectivity index (χ1n) is 7.60. The van der Waals surface area contributed by atoms with Crippen molar-refractivity contribution in [1.29, 1.82) is 0 Å². The van der Waals surface area contributed by atoms with Crippen molar-refractivity contribution < 1.29 is 23.9 Å². The minimum Gasteiger partial charge on any atom is -0.462 e. The van der Waals surface area contributed by atoms with Gasteiger partial charge in [-0.3, -0.25) is 9.59 Å². The molecule has 2 amide bonds. The van der Waals surface area contributed by atoms with Gasteiger partial charge in [0.1, 0.15) is 0 Å². The smallest absolute Gasteiger partial charge is 0.338 e. The van der Waals surface area contributed by atoms with E-state index in [1.807, 2.05) is 0 Å². The fraction of sp³-hybridized carbons (Fsp3) is 0.353. The zero-order valence-corrected chi connectivity index (χ0v) is 12.6. The molecule has 1 saturated heterocycles. The van der Waals surface area contributed by atoms with Crippen LogP contribution in [0.25, 0.3) is 0 Å². The molecule has 23 heavy (non-hydrogen) atoms. The first kappa shape index (κ1) is 15.4. The highest BCUT2D eigenvalue weighted by molar-refractivity contribution is 6.28. The lowest BCUT2D eigenvalue weighted by molar-refractivity contribution is -0.119.